The van der Waals surface area contributed by atoms with E-state index in [1.807, 2.05) is 0 Å². The first kappa shape index (κ1) is 9.97. The van der Waals surface area contributed by atoms with E-state index in [1.165, 1.54) is 19.3 Å². The molecule has 4 atom stereocenters. The summed E-state index contributed by atoms with van der Waals surface area (Å²) in [6, 6.07) is 0. The molecule has 3 heteroatoms. The Kier molecular flexibility index (Phi) is 2.77. The standard InChI is InChI=1S/C11H19NO2/c1-7(13)6-12-11(14)10-5-8-2-3-9(10)4-8/h7-10,13H,2-6H2,1H3,(H,12,14)/t7-,8?,9?,10?/m1/s1. The third kappa shape index (κ3) is 1.92. The Balaban J connectivity index is 1.81. The molecule has 1 amide bonds. The number of hydrogen-bond donors (Lipinski definition) is 2. The lowest BCUT2D eigenvalue weighted by molar-refractivity contribution is -0.126. The summed E-state index contributed by atoms with van der Waals surface area (Å²) in [4.78, 5) is 11.7. The van der Waals surface area contributed by atoms with Crippen LogP contribution in [0.25, 0.3) is 0 Å². The van der Waals surface area contributed by atoms with E-state index in [2.05, 4.69) is 5.32 Å². The predicted octanol–water partition coefficient (Wildman–Crippen LogP) is 0.920. The van der Waals surface area contributed by atoms with E-state index in [9.17, 15) is 4.79 Å². The van der Waals surface area contributed by atoms with Gasteiger partial charge in [0.25, 0.3) is 0 Å². The number of rotatable bonds is 3. The second-order valence-corrected chi connectivity index (χ2v) is 4.88. The van der Waals surface area contributed by atoms with Crippen molar-refractivity contribution in [3.63, 3.8) is 0 Å². The molecule has 2 saturated carbocycles. The molecule has 0 aromatic rings. The van der Waals surface area contributed by atoms with Gasteiger partial charge in [0.15, 0.2) is 0 Å². The molecule has 2 bridgehead atoms. The van der Waals surface area contributed by atoms with Crippen LogP contribution in [0.4, 0.5) is 0 Å². The van der Waals surface area contributed by atoms with Gasteiger partial charge in [-0.3, -0.25) is 4.79 Å². The molecule has 0 aliphatic heterocycles. The molecule has 0 radical (unpaired) electrons. The third-order valence-corrected chi connectivity index (χ3v) is 3.65. The number of carbonyl (C=O) groups excluding carboxylic acids is 1. The topological polar surface area (TPSA) is 49.3 Å². The summed E-state index contributed by atoms with van der Waals surface area (Å²) >= 11 is 0. The third-order valence-electron chi connectivity index (χ3n) is 3.65. The van der Waals surface area contributed by atoms with Gasteiger partial charge in [-0.15, -0.1) is 0 Å². The normalized spacial score (nSPS) is 37.1. The van der Waals surface area contributed by atoms with Crippen LogP contribution in [0.2, 0.25) is 0 Å². The molecule has 3 nitrogen and oxygen atoms in total. The van der Waals surface area contributed by atoms with Crippen molar-refractivity contribution in [2.24, 2.45) is 17.8 Å². The summed E-state index contributed by atoms with van der Waals surface area (Å²) in [5, 5.41) is 11.9. The van der Waals surface area contributed by atoms with Crippen molar-refractivity contribution in [3.8, 4) is 0 Å². The highest BCUT2D eigenvalue weighted by atomic mass is 16.3. The monoisotopic (exact) mass is 197 g/mol. The minimum atomic E-state index is -0.433. The lowest BCUT2D eigenvalue weighted by Gasteiger charge is -2.21. The maximum Gasteiger partial charge on any atom is 0.223 e. The van der Waals surface area contributed by atoms with E-state index in [0.29, 0.717) is 12.5 Å². The average Bonchev–Trinajstić information content (AvgIpc) is 2.74. The number of carbonyl (C=O) groups is 1. The van der Waals surface area contributed by atoms with Gasteiger partial charge in [0.2, 0.25) is 5.91 Å². The van der Waals surface area contributed by atoms with Gasteiger partial charge < -0.3 is 10.4 Å². The average molecular weight is 197 g/mol. The molecule has 80 valence electrons. The second-order valence-electron chi connectivity index (χ2n) is 4.88. The van der Waals surface area contributed by atoms with Crippen LogP contribution >= 0.6 is 0 Å². The minimum Gasteiger partial charge on any atom is -0.392 e. The highest BCUT2D eigenvalue weighted by Crippen LogP contribution is 2.48. The van der Waals surface area contributed by atoms with Crippen LogP contribution in [0.1, 0.15) is 32.6 Å². The minimum absolute atomic E-state index is 0.165. The van der Waals surface area contributed by atoms with E-state index in [1.54, 1.807) is 6.92 Å². The van der Waals surface area contributed by atoms with Crippen molar-refractivity contribution >= 4 is 5.91 Å². The molecule has 2 fully saturated rings. The largest absolute Gasteiger partial charge is 0.392 e. The molecular formula is C11H19NO2. The van der Waals surface area contributed by atoms with Crippen LogP contribution in [0.5, 0.6) is 0 Å². The van der Waals surface area contributed by atoms with Crippen LogP contribution in [-0.4, -0.2) is 23.7 Å². The quantitative estimate of drug-likeness (QED) is 0.707. The Morgan fingerprint density at radius 1 is 1.50 bits per heavy atom. The highest BCUT2D eigenvalue weighted by molar-refractivity contribution is 5.79. The van der Waals surface area contributed by atoms with Crippen LogP contribution in [0.3, 0.4) is 0 Å². The zero-order chi connectivity index (χ0) is 10.1. The maximum absolute atomic E-state index is 11.7. The van der Waals surface area contributed by atoms with Gasteiger partial charge in [-0.2, -0.15) is 0 Å². The molecule has 3 unspecified atom stereocenters. The van der Waals surface area contributed by atoms with E-state index in [-0.39, 0.29) is 11.8 Å². The first-order valence-corrected chi connectivity index (χ1v) is 5.62. The van der Waals surface area contributed by atoms with Gasteiger partial charge in [0, 0.05) is 12.5 Å². The first-order chi connectivity index (χ1) is 6.66. The van der Waals surface area contributed by atoms with Crippen molar-refractivity contribution in [2.75, 3.05) is 6.54 Å². The van der Waals surface area contributed by atoms with Crippen LogP contribution in [0.15, 0.2) is 0 Å². The van der Waals surface area contributed by atoms with E-state index in [0.717, 1.165) is 12.3 Å². The highest BCUT2D eigenvalue weighted by Gasteiger charge is 2.42. The smallest absolute Gasteiger partial charge is 0.223 e. The first-order valence-electron chi connectivity index (χ1n) is 5.62. The summed E-state index contributed by atoms with van der Waals surface area (Å²) in [6.45, 7) is 2.09. The summed E-state index contributed by atoms with van der Waals surface area (Å²) in [6.07, 6.45) is 4.46. The van der Waals surface area contributed by atoms with Gasteiger partial charge in [-0.05, 0) is 38.0 Å². The van der Waals surface area contributed by atoms with Crippen molar-refractivity contribution in [1.82, 2.24) is 5.32 Å². The fourth-order valence-electron chi connectivity index (χ4n) is 2.95. The van der Waals surface area contributed by atoms with Crippen molar-refractivity contribution in [2.45, 2.75) is 38.7 Å². The number of nitrogens with one attached hydrogen (secondary N) is 1. The SMILES string of the molecule is C[C@@H](O)CNC(=O)C1CC2CCC1C2. The molecule has 0 aromatic heterocycles. The van der Waals surface area contributed by atoms with E-state index >= 15 is 0 Å². The molecule has 2 aliphatic rings. The summed E-state index contributed by atoms with van der Waals surface area (Å²) in [7, 11) is 0. The lowest BCUT2D eigenvalue weighted by atomic mass is 9.88. The van der Waals surface area contributed by atoms with Crippen LogP contribution in [-0.2, 0) is 4.79 Å². The summed E-state index contributed by atoms with van der Waals surface area (Å²) < 4.78 is 0. The zero-order valence-electron chi connectivity index (χ0n) is 8.70. The maximum atomic E-state index is 11.7. The molecular weight excluding hydrogens is 178 g/mol. The van der Waals surface area contributed by atoms with Gasteiger partial charge >= 0.3 is 0 Å². The summed E-state index contributed by atoms with van der Waals surface area (Å²) in [5.74, 6) is 1.85. The van der Waals surface area contributed by atoms with Crippen LogP contribution in [0, 0.1) is 17.8 Å². The van der Waals surface area contributed by atoms with Gasteiger partial charge in [-0.1, -0.05) is 6.42 Å². The molecule has 0 spiro atoms. The number of amides is 1. The van der Waals surface area contributed by atoms with E-state index in [4.69, 9.17) is 5.11 Å². The molecule has 0 heterocycles. The number of aliphatic hydroxyl groups excluding tert-OH is 1. The Labute approximate surface area is 84.9 Å². The Morgan fingerprint density at radius 3 is 2.79 bits per heavy atom. The number of aliphatic hydroxyl groups is 1. The molecule has 2 aliphatic carbocycles. The van der Waals surface area contributed by atoms with Gasteiger partial charge in [0.05, 0.1) is 6.10 Å². The van der Waals surface area contributed by atoms with Crippen LogP contribution < -0.4 is 5.32 Å². The number of fused-ring (bicyclic) bond motifs is 2. The van der Waals surface area contributed by atoms with Gasteiger partial charge in [-0.25, -0.2) is 0 Å². The van der Waals surface area contributed by atoms with Gasteiger partial charge in [0.1, 0.15) is 0 Å². The number of hydrogen-bond acceptors (Lipinski definition) is 2. The Bertz CT molecular complexity index is 227. The summed E-state index contributed by atoms with van der Waals surface area (Å²) in [5.41, 5.74) is 0. The fourth-order valence-corrected chi connectivity index (χ4v) is 2.95. The van der Waals surface area contributed by atoms with Crippen molar-refractivity contribution in [3.05, 3.63) is 0 Å². The van der Waals surface area contributed by atoms with Crippen molar-refractivity contribution < 1.29 is 9.90 Å². The fraction of sp³-hybridized carbons (Fsp3) is 0.909. The second kappa shape index (κ2) is 3.89. The molecule has 14 heavy (non-hydrogen) atoms. The zero-order valence-corrected chi connectivity index (χ0v) is 8.70. The Hall–Kier alpha value is -0.570. The lowest BCUT2D eigenvalue weighted by Crippen LogP contribution is -2.37. The van der Waals surface area contributed by atoms with Crippen molar-refractivity contribution in [1.29, 1.82) is 0 Å². The molecule has 2 rings (SSSR count). The predicted molar refractivity (Wildman–Crippen MR) is 53.6 cm³/mol. The molecule has 2 N–H and O–H groups in total. The Morgan fingerprint density at radius 2 is 2.29 bits per heavy atom. The molecule has 0 aromatic carbocycles. The molecule has 0 saturated heterocycles. The van der Waals surface area contributed by atoms with E-state index < -0.39 is 6.10 Å².